The van der Waals surface area contributed by atoms with E-state index in [1.165, 1.54) is 6.33 Å². The van der Waals surface area contributed by atoms with E-state index in [1.807, 2.05) is 13.8 Å². The fraction of sp³-hybridized carbons (Fsp3) is 0.636. The predicted molar refractivity (Wildman–Crippen MR) is 73.3 cm³/mol. The second-order valence-corrected chi connectivity index (χ2v) is 5.27. The molecule has 0 amide bonds. The largest absolute Gasteiger partial charge is 0.394 e. The Balaban J connectivity index is 2.86. The molecular weight excluding hydrogens is 284 g/mol. The van der Waals surface area contributed by atoms with E-state index in [9.17, 15) is 5.11 Å². The molecule has 0 bridgehead atoms. The van der Waals surface area contributed by atoms with E-state index in [-0.39, 0.29) is 6.61 Å². The summed E-state index contributed by atoms with van der Waals surface area (Å²) in [6.45, 7) is 6.79. The first-order valence-corrected chi connectivity index (χ1v) is 6.43. The van der Waals surface area contributed by atoms with Crippen molar-refractivity contribution < 1.29 is 5.11 Å². The van der Waals surface area contributed by atoms with Crippen molar-refractivity contribution in [3.8, 4) is 0 Å². The summed E-state index contributed by atoms with van der Waals surface area (Å²) < 4.78 is 0.787. The van der Waals surface area contributed by atoms with Gasteiger partial charge < -0.3 is 15.7 Å². The molecule has 0 aliphatic carbocycles. The molecule has 1 rings (SSSR count). The fourth-order valence-corrected chi connectivity index (χ4v) is 1.63. The highest BCUT2D eigenvalue weighted by molar-refractivity contribution is 9.10. The Morgan fingerprint density at radius 2 is 2.00 bits per heavy atom. The van der Waals surface area contributed by atoms with Crippen LogP contribution in [0.25, 0.3) is 0 Å². The number of rotatable bonds is 6. The molecule has 17 heavy (non-hydrogen) atoms. The van der Waals surface area contributed by atoms with Gasteiger partial charge in [-0.05, 0) is 36.2 Å². The normalized spacial score (nSPS) is 11.4. The third-order valence-corrected chi connectivity index (χ3v) is 2.94. The Morgan fingerprint density at radius 3 is 2.59 bits per heavy atom. The maximum atomic E-state index is 9.22. The lowest BCUT2D eigenvalue weighted by Crippen LogP contribution is -2.35. The molecule has 0 fully saturated rings. The zero-order valence-electron chi connectivity index (χ0n) is 10.4. The fourth-order valence-electron chi connectivity index (χ4n) is 1.18. The SMILES string of the molecule is CCCNc1ncnc(NC(C)(C)CO)c1Br. The first-order valence-electron chi connectivity index (χ1n) is 5.63. The van der Waals surface area contributed by atoms with Gasteiger partial charge in [-0.15, -0.1) is 0 Å². The Hall–Kier alpha value is -0.880. The Kier molecular flexibility index (Phi) is 5.14. The number of aliphatic hydroxyl groups excluding tert-OH is 1. The molecule has 96 valence electrons. The lowest BCUT2D eigenvalue weighted by Gasteiger charge is -2.25. The Bertz CT molecular complexity index is 370. The second kappa shape index (κ2) is 6.16. The molecule has 0 unspecified atom stereocenters. The van der Waals surface area contributed by atoms with Gasteiger partial charge in [0.05, 0.1) is 12.1 Å². The molecule has 1 aromatic rings. The van der Waals surface area contributed by atoms with E-state index in [0.717, 1.165) is 23.3 Å². The van der Waals surface area contributed by atoms with Crippen LogP contribution < -0.4 is 10.6 Å². The summed E-state index contributed by atoms with van der Waals surface area (Å²) >= 11 is 3.46. The van der Waals surface area contributed by atoms with Gasteiger partial charge in [0.15, 0.2) is 0 Å². The van der Waals surface area contributed by atoms with E-state index >= 15 is 0 Å². The van der Waals surface area contributed by atoms with Crippen LogP contribution in [0.2, 0.25) is 0 Å². The second-order valence-electron chi connectivity index (χ2n) is 4.48. The summed E-state index contributed by atoms with van der Waals surface area (Å²) in [5, 5.41) is 15.6. The predicted octanol–water partition coefficient (Wildman–Crippen LogP) is 2.24. The zero-order valence-corrected chi connectivity index (χ0v) is 12.0. The van der Waals surface area contributed by atoms with Crippen molar-refractivity contribution in [2.75, 3.05) is 23.8 Å². The van der Waals surface area contributed by atoms with Gasteiger partial charge in [0.1, 0.15) is 22.4 Å². The highest BCUT2D eigenvalue weighted by atomic mass is 79.9. The Morgan fingerprint density at radius 1 is 1.35 bits per heavy atom. The molecule has 1 heterocycles. The van der Waals surface area contributed by atoms with Crippen molar-refractivity contribution in [1.82, 2.24) is 9.97 Å². The lowest BCUT2D eigenvalue weighted by molar-refractivity contribution is 0.234. The van der Waals surface area contributed by atoms with Gasteiger partial charge in [-0.3, -0.25) is 0 Å². The van der Waals surface area contributed by atoms with Crippen molar-refractivity contribution in [3.63, 3.8) is 0 Å². The van der Waals surface area contributed by atoms with Crippen LogP contribution in [0.4, 0.5) is 11.6 Å². The summed E-state index contributed by atoms with van der Waals surface area (Å²) in [4.78, 5) is 8.32. The quantitative estimate of drug-likeness (QED) is 0.752. The van der Waals surface area contributed by atoms with Gasteiger partial charge in [-0.1, -0.05) is 6.92 Å². The summed E-state index contributed by atoms with van der Waals surface area (Å²) in [6, 6.07) is 0. The molecule has 0 saturated heterocycles. The first-order chi connectivity index (χ1) is 8.00. The van der Waals surface area contributed by atoms with E-state index < -0.39 is 5.54 Å². The van der Waals surface area contributed by atoms with Crippen LogP contribution in [0.3, 0.4) is 0 Å². The third kappa shape index (κ3) is 4.12. The van der Waals surface area contributed by atoms with Crippen LogP contribution in [0.5, 0.6) is 0 Å². The molecule has 0 saturated carbocycles. The molecule has 5 nitrogen and oxygen atoms in total. The number of nitrogens with zero attached hydrogens (tertiary/aromatic N) is 2. The standard InChI is InChI=1S/C11H19BrN4O/c1-4-5-13-9-8(12)10(15-7-14-9)16-11(2,3)6-17/h7,17H,4-6H2,1-3H3,(H2,13,14,15,16). The van der Waals surface area contributed by atoms with Gasteiger partial charge in [-0.25, -0.2) is 9.97 Å². The van der Waals surface area contributed by atoms with Crippen molar-refractivity contribution in [3.05, 3.63) is 10.8 Å². The summed E-state index contributed by atoms with van der Waals surface area (Å²) in [5.41, 5.74) is -0.418. The van der Waals surface area contributed by atoms with Gasteiger partial charge in [0.25, 0.3) is 0 Å². The number of nitrogens with one attached hydrogen (secondary N) is 2. The van der Waals surface area contributed by atoms with Crippen LogP contribution in [0.15, 0.2) is 10.8 Å². The number of anilines is 2. The molecule has 0 aliphatic rings. The minimum Gasteiger partial charge on any atom is -0.394 e. The Labute approximate surface area is 110 Å². The molecule has 3 N–H and O–H groups in total. The number of hydrogen-bond acceptors (Lipinski definition) is 5. The van der Waals surface area contributed by atoms with Crippen molar-refractivity contribution in [2.24, 2.45) is 0 Å². The molecule has 1 aromatic heterocycles. The average molecular weight is 303 g/mol. The number of aromatic nitrogens is 2. The highest BCUT2D eigenvalue weighted by Gasteiger charge is 2.19. The minimum atomic E-state index is -0.418. The summed E-state index contributed by atoms with van der Waals surface area (Å²) in [7, 11) is 0. The molecule has 0 atom stereocenters. The van der Waals surface area contributed by atoms with E-state index in [0.29, 0.717) is 5.82 Å². The lowest BCUT2D eigenvalue weighted by atomic mass is 10.1. The maximum absolute atomic E-state index is 9.22. The molecule has 0 radical (unpaired) electrons. The van der Waals surface area contributed by atoms with Crippen LogP contribution in [0.1, 0.15) is 27.2 Å². The third-order valence-electron chi connectivity index (χ3n) is 2.18. The average Bonchev–Trinajstić information content (AvgIpc) is 2.30. The first kappa shape index (κ1) is 14.2. The molecular formula is C11H19BrN4O. The number of halogens is 1. The number of hydrogen-bond donors (Lipinski definition) is 3. The summed E-state index contributed by atoms with van der Waals surface area (Å²) in [5.74, 6) is 1.44. The zero-order chi connectivity index (χ0) is 12.9. The van der Waals surface area contributed by atoms with Gasteiger partial charge in [0, 0.05) is 6.54 Å². The van der Waals surface area contributed by atoms with E-state index in [1.54, 1.807) is 0 Å². The van der Waals surface area contributed by atoms with Gasteiger partial charge >= 0.3 is 0 Å². The van der Waals surface area contributed by atoms with Crippen LogP contribution in [-0.2, 0) is 0 Å². The maximum Gasteiger partial charge on any atom is 0.146 e. The van der Waals surface area contributed by atoms with Crippen LogP contribution >= 0.6 is 15.9 Å². The molecule has 6 heteroatoms. The van der Waals surface area contributed by atoms with Crippen LogP contribution in [-0.4, -0.2) is 33.8 Å². The van der Waals surface area contributed by atoms with Crippen molar-refractivity contribution >= 4 is 27.6 Å². The number of aliphatic hydroxyl groups is 1. The van der Waals surface area contributed by atoms with Gasteiger partial charge in [0.2, 0.25) is 0 Å². The molecule has 0 spiro atoms. The monoisotopic (exact) mass is 302 g/mol. The van der Waals surface area contributed by atoms with Crippen molar-refractivity contribution in [1.29, 1.82) is 0 Å². The van der Waals surface area contributed by atoms with Crippen LogP contribution in [0, 0.1) is 0 Å². The molecule has 0 aromatic carbocycles. The smallest absolute Gasteiger partial charge is 0.146 e. The van der Waals surface area contributed by atoms with Gasteiger partial charge in [-0.2, -0.15) is 0 Å². The van der Waals surface area contributed by atoms with Crippen molar-refractivity contribution in [2.45, 2.75) is 32.7 Å². The topological polar surface area (TPSA) is 70.1 Å². The summed E-state index contributed by atoms with van der Waals surface area (Å²) in [6.07, 6.45) is 2.53. The van der Waals surface area contributed by atoms with E-state index in [4.69, 9.17) is 0 Å². The minimum absolute atomic E-state index is 0.0289. The molecule has 0 aliphatic heterocycles. The van der Waals surface area contributed by atoms with E-state index in [2.05, 4.69) is 43.5 Å². The highest BCUT2D eigenvalue weighted by Crippen LogP contribution is 2.28.